The summed E-state index contributed by atoms with van der Waals surface area (Å²) in [5.74, 6) is 0. The molecule has 2 aromatic rings. The van der Waals surface area contributed by atoms with Crippen LogP contribution in [0.1, 0.15) is 5.56 Å². The van der Waals surface area contributed by atoms with E-state index < -0.39 is 10.0 Å². The molecule has 0 spiro atoms. The van der Waals surface area contributed by atoms with Gasteiger partial charge in [0.2, 0.25) is 0 Å². The lowest BCUT2D eigenvalue weighted by Gasteiger charge is -2.10. The van der Waals surface area contributed by atoms with Gasteiger partial charge in [-0.1, -0.05) is 16.6 Å². The minimum atomic E-state index is -3.69. The summed E-state index contributed by atoms with van der Waals surface area (Å²) in [5, 5.41) is 3.91. The van der Waals surface area contributed by atoms with Crippen molar-refractivity contribution in [2.45, 2.75) is 11.8 Å². The molecule has 0 aliphatic carbocycles. The standard InChI is InChI=1S/C9H10N4O2S2/c1-6-3-2-4-7(10)9(6)17(14,15)12-8-5-11-13-16-8/h2-5,12H,10H2,1H3. The average Bonchev–Trinajstić information content (AvgIpc) is 2.68. The number of nitrogen functional groups attached to an aromatic ring is 1. The Morgan fingerprint density at radius 2 is 2.18 bits per heavy atom. The molecule has 1 aromatic heterocycles. The molecule has 0 saturated carbocycles. The van der Waals surface area contributed by atoms with Gasteiger partial charge in [-0.2, -0.15) is 0 Å². The topological polar surface area (TPSA) is 98.0 Å². The van der Waals surface area contributed by atoms with Gasteiger partial charge in [0, 0.05) is 11.5 Å². The van der Waals surface area contributed by atoms with Crippen molar-refractivity contribution >= 4 is 32.2 Å². The van der Waals surface area contributed by atoms with E-state index in [9.17, 15) is 8.42 Å². The zero-order valence-corrected chi connectivity index (χ0v) is 10.5. The van der Waals surface area contributed by atoms with Gasteiger partial charge >= 0.3 is 0 Å². The summed E-state index contributed by atoms with van der Waals surface area (Å²) in [6.07, 6.45) is 1.34. The van der Waals surface area contributed by atoms with E-state index in [1.807, 2.05) is 0 Å². The Balaban J connectivity index is 2.45. The van der Waals surface area contributed by atoms with E-state index >= 15 is 0 Å². The van der Waals surface area contributed by atoms with Crippen LogP contribution in [0.25, 0.3) is 0 Å². The van der Waals surface area contributed by atoms with E-state index in [0.29, 0.717) is 10.6 Å². The van der Waals surface area contributed by atoms with Gasteiger partial charge in [0.05, 0.1) is 11.9 Å². The lowest BCUT2D eigenvalue weighted by molar-refractivity contribution is 0.601. The first-order valence-corrected chi connectivity index (χ1v) is 6.91. The van der Waals surface area contributed by atoms with Crippen LogP contribution in [0.2, 0.25) is 0 Å². The number of aryl methyl sites for hydroxylation is 1. The van der Waals surface area contributed by atoms with Gasteiger partial charge in [0.1, 0.15) is 9.90 Å². The molecule has 0 amide bonds. The van der Waals surface area contributed by atoms with Crippen LogP contribution in [-0.4, -0.2) is 18.0 Å². The number of nitrogens with two attached hydrogens (primary N) is 1. The SMILES string of the molecule is Cc1cccc(N)c1S(=O)(=O)Nc1cnns1. The van der Waals surface area contributed by atoms with Crippen LogP contribution in [-0.2, 0) is 10.0 Å². The first-order valence-electron chi connectivity index (χ1n) is 4.66. The third-order valence-electron chi connectivity index (χ3n) is 2.11. The van der Waals surface area contributed by atoms with Gasteiger partial charge in [0.15, 0.2) is 0 Å². The number of nitrogens with zero attached hydrogens (tertiary/aromatic N) is 2. The zero-order valence-electron chi connectivity index (χ0n) is 8.91. The average molecular weight is 270 g/mol. The molecule has 2 rings (SSSR count). The Kier molecular flexibility index (Phi) is 2.99. The van der Waals surface area contributed by atoms with E-state index in [-0.39, 0.29) is 10.6 Å². The molecule has 8 heteroatoms. The second kappa shape index (κ2) is 4.30. The van der Waals surface area contributed by atoms with Crippen LogP contribution in [0.5, 0.6) is 0 Å². The smallest absolute Gasteiger partial charge is 0.264 e. The normalized spacial score (nSPS) is 11.4. The molecule has 1 heterocycles. The van der Waals surface area contributed by atoms with Gasteiger partial charge in [-0.25, -0.2) is 8.42 Å². The maximum atomic E-state index is 12.1. The van der Waals surface area contributed by atoms with Crippen LogP contribution in [0.3, 0.4) is 0 Å². The first-order chi connectivity index (χ1) is 8.00. The highest BCUT2D eigenvalue weighted by molar-refractivity contribution is 7.93. The van der Waals surface area contributed by atoms with Crippen molar-refractivity contribution in [3.05, 3.63) is 30.0 Å². The van der Waals surface area contributed by atoms with Crippen LogP contribution in [0, 0.1) is 6.92 Å². The van der Waals surface area contributed by atoms with Crippen molar-refractivity contribution in [2.75, 3.05) is 10.5 Å². The van der Waals surface area contributed by atoms with Crippen LogP contribution in [0.4, 0.5) is 10.7 Å². The number of sulfonamides is 1. The quantitative estimate of drug-likeness (QED) is 0.817. The summed E-state index contributed by atoms with van der Waals surface area (Å²) in [5.41, 5.74) is 6.50. The highest BCUT2D eigenvalue weighted by atomic mass is 32.2. The summed E-state index contributed by atoms with van der Waals surface area (Å²) < 4.78 is 30.2. The van der Waals surface area contributed by atoms with Crippen molar-refractivity contribution in [1.29, 1.82) is 0 Å². The molecule has 0 unspecified atom stereocenters. The molecule has 90 valence electrons. The molecule has 0 radical (unpaired) electrons. The minimum absolute atomic E-state index is 0.0911. The summed E-state index contributed by atoms with van der Waals surface area (Å²) in [6.45, 7) is 1.69. The fraction of sp³-hybridized carbons (Fsp3) is 0.111. The third-order valence-corrected chi connectivity index (χ3v) is 4.40. The molecular weight excluding hydrogens is 260 g/mol. The van der Waals surface area contributed by atoms with E-state index in [2.05, 4.69) is 14.3 Å². The predicted molar refractivity (Wildman–Crippen MR) is 66.3 cm³/mol. The number of hydrogen-bond donors (Lipinski definition) is 2. The minimum Gasteiger partial charge on any atom is -0.398 e. The summed E-state index contributed by atoms with van der Waals surface area (Å²) in [4.78, 5) is 0.0911. The van der Waals surface area contributed by atoms with E-state index in [0.717, 1.165) is 11.5 Å². The molecule has 0 atom stereocenters. The maximum Gasteiger partial charge on any atom is 0.264 e. The first kappa shape index (κ1) is 11.8. The Morgan fingerprint density at radius 1 is 1.41 bits per heavy atom. The third kappa shape index (κ3) is 2.37. The highest BCUT2D eigenvalue weighted by Gasteiger charge is 2.20. The van der Waals surface area contributed by atoms with Crippen LogP contribution < -0.4 is 10.5 Å². The summed E-state index contributed by atoms with van der Waals surface area (Å²) >= 11 is 0.964. The zero-order chi connectivity index (χ0) is 12.5. The fourth-order valence-corrected chi connectivity index (χ4v) is 3.48. The van der Waals surface area contributed by atoms with Crippen molar-refractivity contribution < 1.29 is 8.42 Å². The Labute approximate surface area is 103 Å². The highest BCUT2D eigenvalue weighted by Crippen LogP contribution is 2.25. The van der Waals surface area contributed by atoms with E-state index in [1.54, 1.807) is 25.1 Å². The molecule has 0 saturated heterocycles. The Bertz CT molecular complexity index is 602. The van der Waals surface area contributed by atoms with Gasteiger partial charge in [-0.05, 0) is 18.6 Å². The van der Waals surface area contributed by atoms with Gasteiger partial charge in [-0.15, -0.1) is 5.10 Å². The van der Waals surface area contributed by atoms with Gasteiger partial charge in [0.25, 0.3) is 10.0 Å². The molecule has 6 nitrogen and oxygen atoms in total. The van der Waals surface area contributed by atoms with Crippen molar-refractivity contribution in [2.24, 2.45) is 0 Å². The van der Waals surface area contributed by atoms with Crippen molar-refractivity contribution in [3.8, 4) is 0 Å². The lowest BCUT2D eigenvalue weighted by Crippen LogP contribution is -2.15. The molecule has 17 heavy (non-hydrogen) atoms. The molecule has 1 aromatic carbocycles. The van der Waals surface area contributed by atoms with Crippen LogP contribution in [0.15, 0.2) is 29.3 Å². The second-order valence-corrected chi connectivity index (χ2v) is 5.79. The molecule has 0 aliphatic heterocycles. The maximum absolute atomic E-state index is 12.1. The monoisotopic (exact) mass is 270 g/mol. The number of benzene rings is 1. The number of nitrogens with one attached hydrogen (secondary N) is 1. The number of hydrogen-bond acceptors (Lipinski definition) is 6. The van der Waals surface area contributed by atoms with E-state index in [1.165, 1.54) is 6.20 Å². The van der Waals surface area contributed by atoms with Crippen molar-refractivity contribution in [1.82, 2.24) is 9.59 Å². The predicted octanol–water partition coefficient (Wildman–Crippen LogP) is 1.23. The fourth-order valence-electron chi connectivity index (χ4n) is 1.44. The summed E-state index contributed by atoms with van der Waals surface area (Å²) in [6, 6.07) is 4.94. The Morgan fingerprint density at radius 3 is 2.76 bits per heavy atom. The van der Waals surface area contributed by atoms with E-state index in [4.69, 9.17) is 5.73 Å². The second-order valence-electron chi connectivity index (χ2n) is 3.38. The lowest BCUT2D eigenvalue weighted by atomic mass is 10.2. The van der Waals surface area contributed by atoms with Crippen LogP contribution >= 0.6 is 11.5 Å². The molecule has 0 aliphatic rings. The van der Waals surface area contributed by atoms with Gasteiger partial charge < -0.3 is 5.73 Å². The molecule has 3 N–H and O–H groups in total. The number of rotatable bonds is 3. The largest absolute Gasteiger partial charge is 0.398 e. The Hall–Kier alpha value is -1.67. The van der Waals surface area contributed by atoms with Crippen molar-refractivity contribution in [3.63, 3.8) is 0 Å². The van der Waals surface area contributed by atoms with Gasteiger partial charge in [-0.3, -0.25) is 4.72 Å². The number of anilines is 2. The molecule has 0 bridgehead atoms. The number of aromatic nitrogens is 2. The molecular formula is C9H10N4O2S2. The summed E-state index contributed by atoms with van der Waals surface area (Å²) in [7, 11) is -3.69. The molecule has 0 fully saturated rings.